The van der Waals surface area contributed by atoms with Crippen LogP contribution in [0.4, 0.5) is 0 Å². The molecule has 1 aliphatic carbocycles. The van der Waals surface area contributed by atoms with Gasteiger partial charge in [-0.1, -0.05) is 12.1 Å². The molecule has 0 spiro atoms. The highest BCUT2D eigenvalue weighted by atomic mass is 16.5. The van der Waals surface area contributed by atoms with Gasteiger partial charge in [0.2, 0.25) is 0 Å². The lowest BCUT2D eigenvalue weighted by Crippen LogP contribution is -2.22. The van der Waals surface area contributed by atoms with Crippen molar-refractivity contribution in [1.82, 2.24) is 4.90 Å². The second-order valence-electron chi connectivity index (χ2n) is 4.96. The summed E-state index contributed by atoms with van der Waals surface area (Å²) in [5, 5.41) is 8.77. The van der Waals surface area contributed by atoms with Crippen LogP contribution in [0.3, 0.4) is 0 Å². The number of nitrogens with zero attached hydrogens (tertiary/aromatic N) is 2. The maximum atomic E-state index is 8.77. The molecular weight excluding hydrogens is 212 g/mol. The molecule has 0 amide bonds. The van der Waals surface area contributed by atoms with Gasteiger partial charge in [0.05, 0.1) is 19.7 Å². The summed E-state index contributed by atoms with van der Waals surface area (Å²) in [6, 6.07) is 8.58. The summed E-state index contributed by atoms with van der Waals surface area (Å²) in [5.74, 6) is 2.26. The molecule has 1 fully saturated rings. The van der Waals surface area contributed by atoms with E-state index in [-0.39, 0.29) is 0 Å². The summed E-state index contributed by atoms with van der Waals surface area (Å²) in [4.78, 5) is 2.25. The molecule has 1 saturated heterocycles. The standard InChI is InChI=1S/C14H16N2O/c1-17-13-4-2-3-10-7-11-8-16(6-5-15)9-12(11)14(10)13/h2-4,11-12H,6-9H2,1H3. The van der Waals surface area contributed by atoms with Crippen LogP contribution < -0.4 is 4.74 Å². The molecule has 2 unspecified atom stereocenters. The summed E-state index contributed by atoms with van der Waals surface area (Å²) >= 11 is 0. The minimum Gasteiger partial charge on any atom is -0.496 e. The molecule has 1 heterocycles. The number of fused-ring (bicyclic) bond motifs is 3. The Morgan fingerprint density at radius 3 is 3.12 bits per heavy atom. The van der Waals surface area contributed by atoms with Gasteiger partial charge in [0, 0.05) is 24.6 Å². The first-order valence-electron chi connectivity index (χ1n) is 6.08. The van der Waals surface area contributed by atoms with E-state index < -0.39 is 0 Å². The van der Waals surface area contributed by atoms with Crippen molar-refractivity contribution < 1.29 is 4.74 Å². The Kier molecular flexibility index (Phi) is 2.53. The van der Waals surface area contributed by atoms with Crippen LogP contribution in [0.25, 0.3) is 0 Å². The van der Waals surface area contributed by atoms with Gasteiger partial charge in [-0.15, -0.1) is 0 Å². The van der Waals surface area contributed by atoms with E-state index in [0.29, 0.717) is 18.4 Å². The van der Waals surface area contributed by atoms with Gasteiger partial charge in [0.25, 0.3) is 0 Å². The first-order chi connectivity index (χ1) is 8.33. The molecule has 1 aromatic rings. The second kappa shape index (κ2) is 4.05. The van der Waals surface area contributed by atoms with E-state index in [9.17, 15) is 0 Å². The molecule has 0 saturated carbocycles. The zero-order valence-corrected chi connectivity index (χ0v) is 10.0. The summed E-state index contributed by atoms with van der Waals surface area (Å²) in [5.41, 5.74) is 2.83. The summed E-state index contributed by atoms with van der Waals surface area (Å²) < 4.78 is 5.48. The maximum Gasteiger partial charge on any atom is 0.122 e. The number of hydrogen-bond acceptors (Lipinski definition) is 3. The van der Waals surface area contributed by atoms with Gasteiger partial charge in [0.1, 0.15) is 5.75 Å². The van der Waals surface area contributed by atoms with Crippen molar-refractivity contribution in [2.45, 2.75) is 12.3 Å². The van der Waals surface area contributed by atoms with Crippen molar-refractivity contribution in [1.29, 1.82) is 5.26 Å². The van der Waals surface area contributed by atoms with Crippen LogP contribution in [0.15, 0.2) is 18.2 Å². The quantitative estimate of drug-likeness (QED) is 0.724. The van der Waals surface area contributed by atoms with Gasteiger partial charge in [-0.2, -0.15) is 5.26 Å². The number of hydrogen-bond donors (Lipinski definition) is 0. The minimum absolute atomic E-state index is 0.553. The van der Waals surface area contributed by atoms with Gasteiger partial charge in [0.15, 0.2) is 0 Å². The van der Waals surface area contributed by atoms with Crippen LogP contribution >= 0.6 is 0 Å². The largest absolute Gasteiger partial charge is 0.496 e. The first-order valence-corrected chi connectivity index (χ1v) is 6.08. The van der Waals surface area contributed by atoms with Crippen LogP contribution in [-0.4, -0.2) is 31.6 Å². The van der Waals surface area contributed by atoms with Crippen molar-refractivity contribution in [3.05, 3.63) is 29.3 Å². The van der Waals surface area contributed by atoms with E-state index in [2.05, 4.69) is 23.1 Å². The zero-order chi connectivity index (χ0) is 11.8. The number of ether oxygens (including phenoxy) is 1. The lowest BCUT2D eigenvalue weighted by molar-refractivity contribution is 0.359. The Morgan fingerprint density at radius 2 is 2.35 bits per heavy atom. The lowest BCUT2D eigenvalue weighted by Gasteiger charge is -2.15. The van der Waals surface area contributed by atoms with Crippen molar-refractivity contribution in [2.24, 2.45) is 5.92 Å². The monoisotopic (exact) mass is 228 g/mol. The average molecular weight is 228 g/mol. The molecule has 0 radical (unpaired) electrons. The molecule has 1 aliphatic heterocycles. The SMILES string of the molecule is COc1cccc2c1C1CN(CC#N)CC1C2. The average Bonchev–Trinajstić information content (AvgIpc) is 2.85. The third kappa shape index (κ3) is 1.60. The molecule has 1 aromatic carbocycles. The summed E-state index contributed by atoms with van der Waals surface area (Å²) in [7, 11) is 1.74. The van der Waals surface area contributed by atoms with Crippen LogP contribution in [0.1, 0.15) is 17.0 Å². The van der Waals surface area contributed by atoms with Gasteiger partial charge in [-0.3, -0.25) is 4.90 Å². The third-order valence-corrected chi connectivity index (χ3v) is 4.04. The molecule has 3 nitrogen and oxygen atoms in total. The molecule has 17 heavy (non-hydrogen) atoms. The van der Waals surface area contributed by atoms with Gasteiger partial charge >= 0.3 is 0 Å². The third-order valence-electron chi connectivity index (χ3n) is 4.04. The summed E-state index contributed by atoms with van der Waals surface area (Å²) in [6.45, 7) is 2.61. The lowest BCUT2D eigenvalue weighted by atomic mass is 9.96. The molecule has 3 rings (SSSR count). The smallest absolute Gasteiger partial charge is 0.122 e. The first kappa shape index (κ1) is 10.6. The van der Waals surface area contributed by atoms with E-state index in [1.807, 2.05) is 6.07 Å². The molecule has 2 atom stereocenters. The fourth-order valence-corrected chi connectivity index (χ4v) is 3.37. The maximum absolute atomic E-state index is 8.77. The Labute approximate surface area is 102 Å². The van der Waals surface area contributed by atoms with Crippen molar-refractivity contribution in [3.63, 3.8) is 0 Å². The Balaban J connectivity index is 1.92. The van der Waals surface area contributed by atoms with Crippen molar-refractivity contribution in [3.8, 4) is 11.8 Å². The van der Waals surface area contributed by atoms with E-state index in [1.165, 1.54) is 11.1 Å². The van der Waals surface area contributed by atoms with Gasteiger partial charge in [-0.05, 0) is 24.0 Å². The van der Waals surface area contributed by atoms with E-state index in [1.54, 1.807) is 7.11 Å². The van der Waals surface area contributed by atoms with Gasteiger partial charge in [-0.25, -0.2) is 0 Å². The molecule has 3 heteroatoms. The van der Waals surface area contributed by atoms with Crippen LogP contribution in [0.2, 0.25) is 0 Å². The van der Waals surface area contributed by atoms with E-state index in [0.717, 1.165) is 25.3 Å². The zero-order valence-electron chi connectivity index (χ0n) is 10.0. The van der Waals surface area contributed by atoms with Crippen molar-refractivity contribution >= 4 is 0 Å². The van der Waals surface area contributed by atoms with E-state index >= 15 is 0 Å². The molecule has 0 N–H and O–H groups in total. The second-order valence-corrected chi connectivity index (χ2v) is 4.96. The minimum atomic E-state index is 0.553. The fraction of sp³-hybridized carbons (Fsp3) is 0.500. The number of likely N-dealkylation sites (tertiary alicyclic amines) is 1. The van der Waals surface area contributed by atoms with Crippen LogP contribution in [0.5, 0.6) is 5.75 Å². The molecule has 88 valence electrons. The topological polar surface area (TPSA) is 36.3 Å². The normalized spacial score (nSPS) is 26.4. The number of benzene rings is 1. The number of nitriles is 1. The Morgan fingerprint density at radius 1 is 1.47 bits per heavy atom. The molecule has 2 aliphatic rings. The molecular formula is C14H16N2O. The number of methoxy groups -OCH3 is 1. The molecule has 0 aromatic heterocycles. The van der Waals surface area contributed by atoms with Crippen LogP contribution in [-0.2, 0) is 6.42 Å². The Hall–Kier alpha value is -1.53. The van der Waals surface area contributed by atoms with Crippen LogP contribution in [0, 0.1) is 17.2 Å². The predicted octanol–water partition coefficient (Wildman–Crippen LogP) is 1.79. The van der Waals surface area contributed by atoms with E-state index in [4.69, 9.17) is 10.00 Å². The highest BCUT2D eigenvalue weighted by Gasteiger charge is 2.41. The van der Waals surface area contributed by atoms with Crippen molar-refractivity contribution in [2.75, 3.05) is 26.7 Å². The van der Waals surface area contributed by atoms with Gasteiger partial charge < -0.3 is 4.74 Å². The highest BCUT2D eigenvalue weighted by molar-refractivity contribution is 5.48. The molecule has 0 bridgehead atoms. The number of rotatable bonds is 2. The Bertz CT molecular complexity index is 478. The summed E-state index contributed by atoms with van der Waals surface area (Å²) in [6.07, 6.45) is 1.14. The fourth-order valence-electron chi connectivity index (χ4n) is 3.37. The highest BCUT2D eigenvalue weighted by Crippen LogP contribution is 2.46. The predicted molar refractivity (Wildman–Crippen MR) is 65.0 cm³/mol.